The Morgan fingerprint density at radius 2 is 2.24 bits per heavy atom. The van der Waals surface area contributed by atoms with Crippen molar-refractivity contribution in [2.75, 3.05) is 6.61 Å². The number of benzene rings is 1. The molecule has 2 rings (SSSR count). The molecular weight excluding hydrogens is 298 g/mol. The van der Waals surface area contributed by atoms with Gasteiger partial charge in [-0.25, -0.2) is 4.79 Å². The van der Waals surface area contributed by atoms with Crippen LogP contribution in [0.2, 0.25) is 0 Å². The van der Waals surface area contributed by atoms with Crippen LogP contribution in [0.5, 0.6) is 0 Å². The lowest BCUT2D eigenvalue weighted by atomic mass is 10.2. The number of aromatic nitrogens is 2. The highest BCUT2D eigenvalue weighted by Gasteiger charge is 2.22. The fraction of sp³-hybridized carbons (Fsp3) is 0.250. The number of nitro benzene ring substituents is 1. The molecule has 0 fully saturated rings. The van der Waals surface area contributed by atoms with E-state index in [4.69, 9.17) is 9.15 Å². The van der Waals surface area contributed by atoms with E-state index in [1.165, 1.54) is 0 Å². The maximum Gasteiger partial charge on any atom is 0.396 e. The van der Waals surface area contributed by atoms with Crippen LogP contribution >= 0.6 is 11.8 Å². The summed E-state index contributed by atoms with van der Waals surface area (Å²) in [5.41, 5.74) is 0.494. The summed E-state index contributed by atoms with van der Waals surface area (Å²) in [6, 6.07) is 4.90. The molecule has 0 radical (unpaired) electrons. The molecule has 8 nitrogen and oxygen atoms in total. The predicted octanol–water partition coefficient (Wildman–Crippen LogP) is 2.61. The molecule has 0 spiro atoms. The minimum atomic E-state index is -0.726. The third-order valence-electron chi connectivity index (χ3n) is 2.44. The van der Waals surface area contributed by atoms with Crippen LogP contribution in [0.3, 0.4) is 0 Å². The number of nitrogens with zero attached hydrogens (tertiary/aromatic N) is 3. The van der Waals surface area contributed by atoms with Crippen LogP contribution in [0.1, 0.15) is 23.2 Å². The smallest absolute Gasteiger partial charge is 0.396 e. The maximum absolute atomic E-state index is 11.4. The van der Waals surface area contributed by atoms with Crippen molar-refractivity contribution < 1.29 is 18.9 Å². The van der Waals surface area contributed by atoms with E-state index in [9.17, 15) is 14.9 Å². The van der Waals surface area contributed by atoms with Gasteiger partial charge in [0.25, 0.3) is 10.9 Å². The van der Waals surface area contributed by atoms with E-state index in [2.05, 4.69) is 10.2 Å². The second-order valence-corrected chi connectivity index (χ2v) is 4.87. The standard InChI is InChI=1S/C12H11N3O5S/c1-3-19-11(16)10-13-14-12(20-10)21-8-6-4-5-7(2)9(8)15(17)18/h4-6H,3H2,1-2H3. The highest BCUT2D eigenvalue weighted by Crippen LogP contribution is 2.35. The number of hydrogen-bond donors (Lipinski definition) is 0. The molecule has 0 N–H and O–H groups in total. The molecule has 110 valence electrons. The first-order chi connectivity index (χ1) is 10.0. The summed E-state index contributed by atoms with van der Waals surface area (Å²) in [5.74, 6) is -1.01. The largest absolute Gasteiger partial charge is 0.459 e. The first kappa shape index (κ1) is 15.0. The minimum Gasteiger partial charge on any atom is -0.459 e. The van der Waals surface area contributed by atoms with Gasteiger partial charge in [0.2, 0.25) is 0 Å². The van der Waals surface area contributed by atoms with E-state index < -0.39 is 10.9 Å². The van der Waals surface area contributed by atoms with Gasteiger partial charge < -0.3 is 9.15 Å². The van der Waals surface area contributed by atoms with E-state index in [0.29, 0.717) is 10.5 Å². The molecule has 0 aliphatic carbocycles. The third-order valence-corrected chi connectivity index (χ3v) is 3.33. The minimum absolute atomic E-state index is 0.0293. The van der Waals surface area contributed by atoms with Crippen molar-refractivity contribution in [3.63, 3.8) is 0 Å². The monoisotopic (exact) mass is 309 g/mol. The Morgan fingerprint density at radius 3 is 2.90 bits per heavy atom. The number of carbonyl (C=O) groups excluding carboxylic acids is 1. The Kier molecular flexibility index (Phi) is 4.53. The van der Waals surface area contributed by atoms with E-state index in [0.717, 1.165) is 11.8 Å². The van der Waals surface area contributed by atoms with Gasteiger partial charge in [-0.2, -0.15) is 0 Å². The normalized spacial score (nSPS) is 10.4. The van der Waals surface area contributed by atoms with Crippen molar-refractivity contribution >= 4 is 23.4 Å². The fourth-order valence-electron chi connectivity index (χ4n) is 1.57. The molecule has 0 amide bonds. The quantitative estimate of drug-likeness (QED) is 0.471. The van der Waals surface area contributed by atoms with Gasteiger partial charge in [-0.05, 0) is 31.7 Å². The van der Waals surface area contributed by atoms with Crippen LogP contribution in [0.15, 0.2) is 32.7 Å². The van der Waals surface area contributed by atoms with E-state index >= 15 is 0 Å². The summed E-state index contributed by atoms with van der Waals surface area (Å²) in [4.78, 5) is 22.4. The number of para-hydroxylation sites is 1. The van der Waals surface area contributed by atoms with Crippen LogP contribution in [-0.4, -0.2) is 27.7 Å². The average molecular weight is 309 g/mol. The molecule has 0 unspecified atom stereocenters. The van der Waals surface area contributed by atoms with Crippen molar-refractivity contribution in [3.05, 3.63) is 39.8 Å². The number of ether oxygens (including phenoxy) is 1. The lowest BCUT2D eigenvalue weighted by Gasteiger charge is -2.01. The molecule has 9 heteroatoms. The summed E-state index contributed by atoms with van der Waals surface area (Å²) in [5, 5.41) is 18.3. The molecule has 21 heavy (non-hydrogen) atoms. The van der Waals surface area contributed by atoms with E-state index in [-0.39, 0.29) is 23.4 Å². The van der Waals surface area contributed by atoms with Crippen molar-refractivity contribution in [2.24, 2.45) is 0 Å². The molecule has 0 aliphatic rings. The first-order valence-electron chi connectivity index (χ1n) is 5.95. The third kappa shape index (κ3) is 3.37. The van der Waals surface area contributed by atoms with Gasteiger partial charge in [-0.15, -0.1) is 5.10 Å². The molecule has 1 heterocycles. The molecular formula is C12H11N3O5S. The number of aryl methyl sites for hydroxylation is 1. The van der Waals surface area contributed by atoms with Crippen LogP contribution in [0, 0.1) is 17.0 Å². The summed E-state index contributed by atoms with van der Waals surface area (Å²) in [6.45, 7) is 3.48. The summed E-state index contributed by atoms with van der Waals surface area (Å²) in [6.07, 6.45) is 0. The van der Waals surface area contributed by atoms with Gasteiger partial charge in [0.1, 0.15) is 0 Å². The van der Waals surface area contributed by atoms with Gasteiger partial charge in [0.15, 0.2) is 0 Å². The van der Waals surface area contributed by atoms with Gasteiger partial charge >= 0.3 is 11.9 Å². The van der Waals surface area contributed by atoms with Crippen molar-refractivity contribution in [2.45, 2.75) is 24.0 Å². The second-order valence-electron chi connectivity index (χ2n) is 3.87. The highest BCUT2D eigenvalue weighted by molar-refractivity contribution is 7.99. The maximum atomic E-state index is 11.4. The number of nitro groups is 1. The topological polar surface area (TPSA) is 108 Å². The highest BCUT2D eigenvalue weighted by atomic mass is 32.2. The Labute approximate surface area is 123 Å². The Hall–Kier alpha value is -2.42. The van der Waals surface area contributed by atoms with Crippen LogP contribution in [-0.2, 0) is 4.74 Å². The summed E-state index contributed by atoms with van der Waals surface area (Å²) >= 11 is 0.923. The molecule has 0 saturated heterocycles. The zero-order chi connectivity index (χ0) is 15.4. The lowest BCUT2D eigenvalue weighted by molar-refractivity contribution is -0.388. The number of hydrogen-bond acceptors (Lipinski definition) is 8. The van der Waals surface area contributed by atoms with Gasteiger partial charge in [0.05, 0.1) is 16.4 Å². The lowest BCUT2D eigenvalue weighted by Crippen LogP contribution is -2.04. The Morgan fingerprint density at radius 1 is 1.48 bits per heavy atom. The van der Waals surface area contributed by atoms with Crippen LogP contribution in [0.4, 0.5) is 5.69 Å². The number of carbonyl (C=O) groups is 1. The predicted molar refractivity (Wildman–Crippen MR) is 72.2 cm³/mol. The van der Waals surface area contributed by atoms with Crippen molar-refractivity contribution in [1.82, 2.24) is 10.2 Å². The van der Waals surface area contributed by atoms with E-state index in [1.807, 2.05) is 0 Å². The van der Waals surface area contributed by atoms with E-state index in [1.54, 1.807) is 32.0 Å². The molecule has 0 bridgehead atoms. The first-order valence-corrected chi connectivity index (χ1v) is 6.77. The van der Waals surface area contributed by atoms with Crippen molar-refractivity contribution in [3.8, 4) is 0 Å². The molecule has 1 aromatic heterocycles. The molecule has 2 aromatic rings. The molecule has 0 aliphatic heterocycles. The van der Waals surface area contributed by atoms with Crippen molar-refractivity contribution in [1.29, 1.82) is 0 Å². The Bertz CT molecular complexity index is 685. The number of rotatable bonds is 5. The SMILES string of the molecule is CCOC(=O)c1nnc(Sc2cccc(C)c2[N+](=O)[O-])o1. The number of esters is 1. The van der Waals surface area contributed by atoms with Gasteiger partial charge in [0, 0.05) is 5.56 Å². The fourth-order valence-corrected chi connectivity index (χ4v) is 2.44. The zero-order valence-electron chi connectivity index (χ0n) is 11.2. The molecule has 0 atom stereocenters. The molecule has 1 aromatic carbocycles. The van der Waals surface area contributed by atoms with Gasteiger partial charge in [-0.1, -0.05) is 17.2 Å². The summed E-state index contributed by atoms with van der Waals surface area (Å²) in [7, 11) is 0. The average Bonchev–Trinajstić information content (AvgIpc) is 2.87. The second kappa shape index (κ2) is 6.35. The van der Waals surface area contributed by atoms with Crippen LogP contribution < -0.4 is 0 Å². The Balaban J connectivity index is 2.25. The van der Waals surface area contributed by atoms with Crippen LogP contribution in [0.25, 0.3) is 0 Å². The van der Waals surface area contributed by atoms with Gasteiger partial charge in [-0.3, -0.25) is 10.1 Å². The summed E-state index contributed by atoms with van der Waals surface area (Å²) < 4.78 is 9.84. The zero-order valence-corrected chi connectivity index (χ0v) is 12.0. The molecule has 0 saturated carbocycles.